The summed E-state index contributed by atoms with van der Waals surface area (Å²) < 4.78 is 0. The first-order valence-corrected chi connectivity index (χ1v) is 26.2. The van der Waals surface area contributed by atoms with Crippen LogP contribution in [0, 0.1) is 0 Å². The average Bonchev–Trinajstić information content (AvgIpc) is 3.20. The van der Waals surface area contributed by atoms with Crippen LogP contribution in [0.1, 0.15) is 182 Å². The maximum atomic E-state index is 4.85. The summed E-state index contributed by atoms with van der Waals surface area (Å²) >= 11 is 7.01. The van der Waals surface area contributed by atoms with Crippen LogP contribution < -0.4 is 10.6 Å². The van der Waals surface area contributed by atoms with Crippen molar-refractivity contribution in [1.82, 2.24) is 29.9 Å². The van der Waals surface area contributed by atoms with Crippen molar-refractivity contribution >= 4 is 70.3 Å². The van der Waals surface area contributed by atoms with Crippen molar-refractivity contribution < 1.29 is 0 Å². The quantitative estimate of drug-likeness (QED) is 0.0430. The van der Waals surface area contributed by atoms with Crippen LogP contribution in [-0.4, -0.2) is 52.9 Å². The number of hydrogen-bond donors (Lipinski definition) is 2. The smallest absolute Gasteiger partial charge is 0.232 e. The Morgan fingerprint density at radius 3 is 0.804 bits per heavy atom. The van der Waals surface area contributed by atoms with Gasteiger partial charge in [0.25, 0.3) is 0 Å². The summed E-state index contributed by atoms with van der Waals surface area (Å²) in [7, 11) is 0. The lowest BCUT2D eigenvalue weighted by Crippen LogP contribution is -2.04. The molecule has 0 saturated carbocycles. The van der Waals surface area contributed by atoms with E-state index in [1.807, 2.05) is 0 Å². The Labute approximate surface area is 358 Å². The fourth-order valence-corrected chi connectivity index (χ4v) is 9.57. The Bertz CT molecular complexity index is 1220. The molecular formula is C44H74N8S4. The number of nitrogens with one attached hydrogen (secondary N) is 2. The lowest BCUT2D eigenvalue weighted by molar-refractivity contribution is 0.626. The van der Waals surface area contributed by atoms with E-state index in [4.69, 9.17) is 29.9 Å². The molecule has 2 heterocycles. The molecule has 0 fully saturated rings. The number of benzene rings is 1. The van der Waals surface area contributed by atoms with Crippen molar-refractivity contribution in [3.63, 3.8) is 0 Å². The monoisotopic (exact) mass is 842 g/mol. The number of hydrogen-bond acceptors (Lipinski definition) is 12. The number of aromatic nitrogens is 6. The molecule has 8 nitrogen and oxygen atoms in total. The molecule has 3 rings (SSSR count). The van der Waals surface area contributed by atoms with Crippen LogP contribution in [0.25, 0.3) is 0 Å². The molecule has 0 radical (unpaired) electrons. The van der Waals surface area contributed by atoms with Gasteiger partial charge in [-0.3, -0.25) is 0 Å². The van der Waals surface area contributed by atoms with Crippen LogP contribution in [0.3, 0.4) is 0 Å². The second-order valence-corrected chi connectivity index (χ2v) is 19.0. The van der Waals surface area contributed by atoms with Crippen molar-refractivity contribution in [2.75, 3.05) is 33.6 Å². The van der Waals surface area contributed by atoms with Crippen LogP contribution in [0.15, 0.2) is 44.9 Å². The minimum atomic E-state index is 0.605. The molecule has 12 heteroatoms. The average molecular weight is 843 g/mol. The van der Waals surface area contributed by atoms with E-state index < -0.39 is 0 Å². The van der Waals surface area contributed by atoms with Gasteiger partial charge in [0, 0.05) is 34.4 Å². The first-order chi connectivity index (χ1) is 27.6. The summed E-state index contributed by atoms with van der Waals surface area (Å²) in [5.74, 6) is 5.35. The van der Waals surface area contributed by atoms with Crippen LogP contribution in [0.5, 0.6) is 0 Å². The van der Waals surface area contributed by atoms with Crippen LogP contribution >= 0.6 is 47.0 Å². The molecule has 0 bridgehead atoms. The van der Waals surface area contributed by atoms with E-state index in [-0.39, 0.29) is 0 Å². The summed E-state index contributed by atoms with van der Waals surface area (Å²) in [6.45, 7) is 9.08. The van der Waals surface area contributed by atoms with E-state index in [1.165, 1.54) is 154 Å². The fourth-order valence-electron chi connectivity index (χ4n) is 6.12. The van der Waals surface area contributed by atoms with E-state index in [9.17, 15) is 0 Å². The Kier molecular flexibility index (Phi) is 28.7. The molecule has 1 aromatic carbocycles. The third kappa shape index (κ3) is 23.6. The van der Waals surface area contributed by atoms with Crippen LogP contribution in [0.2, 0.25) is 0 Å². The highest BCUT2D eigenvalue weighted by molar-refractivity contribution is 8.00. The van der Waals surface area contributed by atoms with Crippen LogP contribution in [0.4, 0.5) is 23.3 Å². The third-order valence-corrected chi connectivity index (χ3v) is 13.2. The van der Waals surface area contributed by atoms with Crippen molar-refractivity contribution in [2.24, 2.45) is 0 Å². The van der Waals surface area contributed by atoms with E-state index in [2.05, 4.69) is 62.6 Å². The van der Waals surface area contributed by atoms with Crippen LogP contribution in [-0.2, 0) is 0 Å². The Balaban J connectivity index is 1.62. The number of unbranched alkanes of at least 4 members (excludes halogenated alkanes) is 20. The highest BCUT2D eigenvalue weighted by atomic mass is 32.2. The maximum Gasteiger partial charge on any atom is 0.232 e. The minimum absolute atomic E-state index is 0.605. The Hall–Kier alpha value is -1.76. The Morgan fingerprint density at radius 1 is 0.321 bits per heavy atom. The van der Waals surface area contributed by atoms with E-state index >= 15 is 0 Å². The first kappa shape index (κ1) is 48.6. The summed E-state index contributed by atoms with van der Waals surface area (Å²) in [6, 6.07) is 8.23. The predicted molar refractivity (Wildman–Crippen MR) is 249 cm³/mol. The highest BCUT2D eigenvalue weighted by Gasteiger charge is 2.11. The van der Waals surface area contributed by atoms with Gasteiger partial charge in [0.05, 0.1) is 0 Å². The van der Waals surface area contributed by atoms with Crippen molar-refractivity contribution in [1.29, 1.82) is 0 Å². The topological polar surface area (TPSA) is 101 Å². The normalized spacial score (nSPS) is 11.4. The number of anilines is 4. The molecule has 0 saturated heterocycles. The molecule has 0 spiro atoms. The molecule has 0 atom stereocenters. The first-order valence-electron chi connectivity index (χ1n) is 22.3. The molecule has 3 aromatic rings. The van der Waals surface area contributed by atoms with Gasteiger partial charge in [-0.2, -0.15) is 29.9 Å². The van der Waals surface area contributed by atoms with Gasteiger partial charge in [0.2, 0.25) is 11.9 Å². The molecule has 56 heavy (non-hydrogen) atoms. The SMILES string of the molecule is CCCCCCCCSc1nc(Nc2ccc(Nc3nc(SCCCCCCCC)nc(SCCCCCCCC)n3)cc2)nc(SCCCCCCCC)n1. The molecule has 0 unspecified atom stereocenters. The summed E-state index contributed by atoms with van der Waals surface area (Å²) in [5, 5.41) is 10.2. The summed E-state index contributed by atoms with van der Waals surface area (Å²) in [5.41, 5.74) is 1.86. The summed E-state index contributed by atoms with van der Waals surface area (Å²) in [4.78, 5) is 29.0. The lowest BCUT2D eigenvalue weighted by Gasteiger charge is -2.11. The van der Waals surface area contributed by atoms with E-state index in [0.29, 0.717) is 11.9 Å². The van der Waals surface area contributed by atoms with Gasteiger partial charge in [-0.1, -0.05) is 203 Å². The molecule has 0 amide bonds. The minimum Gasteiger partial charge on any atom is -0.324 e. The molecule has 2 aromatic heterocycles. The fraction of sp³-hybridized carbons (Fsp3) is 0.727. The second kappa shape index (κ2) is 33.1. The zero-order valence-corrected chi connectivity index (χ0v) is 38.7. The molecule has 0 aliphatic rings. The highest BCUT2D eigenvalue weighted by Crippen LogP contribution is 2.27. The molecule has 0 aliphatic heterocycles. The number of rotatable bonds is 36. The molecule has 0 aliphatic carbocycles. The van der Waals surface area contributed by atoms with Crippen molar-refractivity contribution in [3.05, 3.63) is 24.3 Å². The van der Waals surface area contributed by atoms with Gasteiger partial charge < -0.3 is 10.6 Å². The van der Waals surface area contributed by atoms with Gasteiger partial charge in [0.1, 0.15) is 0 Å². The van der Waals surface area contributed by atoms with Gasteiger partial charge in [0.15, 0.2) is 20.6 Å². The van der Waals surface area contributed by atoms with E-state index in [1.54, 1.807) is 47.0 Å². The van der Waals surface area contributed by atoms with Gasteiger partial charge in [-0.05, 0) is 49.9 Å². The van der Waals surface area contributed by atoms with E-state index in [0.717, 1.165) is 55.0 Å². The van der Waals surface area contributed by atoms with Gasteiger partial charge in [-0.15, -0.1) is 0 Å². The maximum absolute atomic E-state index is 4.85. The zero-order chi connectivity index (χ0) is 39.7. The van der Waals surface area contributed by atoms with Gasteiger partial charge >= 0.3 is 0 Å². The molecule has 314 valence electrons. The standard InChI is InChI=1S/C44H74N8S4/c1-5-9-13-17-21-25-33-53-41-47-39(48-42(51-41)54-34-26-22-18-14-10-6-2)45-37-29-31-38(32-30-37)46-40-49-43(55-35-27-23-19-15-11-7-3)52-44(50-40)56-36-28-24-20-16-12-8-4/h29-32H,5-28,33-36H2,1-4H3,(H,45,47,48,51)(H,46,49,50,52). The molecular weight excluding hydrogens is 769 g/mol. The third-order valence-electron chi connectivity index (χ3n) is 9.50. The zero-order valence-electron chi connectivity index (χ0n) is 35.4. The Morgan fingerprint density at radius 2 is 0.554 bits per heavy atom. The largest absolute Gasteiger partial charge is 0.324 e. The summed E-state index contributed by atoms with van der Waals surface area (Å²) in [6.07, 6.45) is 30.9. The predicted octanol–water partition coefficient (Wildman–Crippen LogP) is 15.4. The van der Waals surface area contributed by atoms with Crippen molar-refractivity contribution in [3.8, 4) is 0 Å². The number of thioether (sulfide) groups is 4. The number of nitrogens with zero attached hydrogens (tertiary/aromatic N) is 6. The van der Waals surface area contributed by atoms with Gasteiger partial charge in [-0.25, -0.2) is 0 Å². The van der Waals surface area contributed by atoms with Crippen molar-refractivity contribution in [2.45, 2.75) is 202 Å². The molecule has 2 N–H and O–H groups in total. The lowest BCUT2D eigenvalue weighted by atomic mass is 10.1. The second-order valence-electron chi connectivity index (χ2n) is 14.7.